The van der Waals surface area contributed by atoms with Crippen LogP contribution in [0.5, 0.6) is 5.75 Å². The van der Waals surface area contributed by atoms with Gasteiger partial charge in [-0.1, -0.05) is 15.9 Å². The minimum absolute atomic E-state index is 0.158. The van der Waals surface area contributed by atoms with Crippen molar-refractivity contribution in [3.8, 4) is 5.75 Å². The molecule has 0 aliphatic carbocycles. The molecule has 0 heterocycles. The van der Waals surface area contributed by atoms with E-state index in [0.29, 0.717) is 0 Å². The number of aliphatic carboxylic acids is 1. The van der Waals surface area contributed by atoms with Crippen molar-refractivity contribution >= 4 is 21.9 Å². The molecule has 0 aromatic heterocycles. The van der Waals surface area contributed by atoms with E-state index in [9.17, 15) is 4.79 Å². The van der Waals surface area contributed by atoms with Gasteiger partial charge in [-0.3, -0.25) is 4.79 Å². The fourth-order valence-electron chi connectivity index (χ4n) is 1.44. The summed E-state index contributed by atoms with van der Waals surface area (Å²) in [6.45, 7) is 7.35. The van der Waals surface area contributed by atoms with Gasteiger partial charge in [-0.15, -0.1) is 0 Å². The average molecular weight is 301 g/mol. The Morgan fingerprint density at radius 1 is 1.35 bits per heavy atom. The highest BCUT2D eigenvalue weighted by Crippen LogP contribution is 2.29. The molecule has 0 spiro atoms. The van der Waals surface area contributed by atoms with Crippen molar-refractivity contribution in [2.75, 3.05) is 6.61 Å². The second-order valence-corrected chi connectivity index (χ2v) is 5.76. The topological polar surface area (TPSA) is 46.5 Å². The number of aryl methyl sites for hydroxylation is 2. The molecular weight excluding hydrogens is 284 g/mol. The molecule has 0 fully saturated rings. The maximum atomic E-state index is 11.0. The summed E-state index contributed by atoms with van der Waals surface area (Å²) < 4.78 is 6.64. The van der Waals surface area contributed by atoms with Gasteiger partial charge in [0.2, 0.25) is 0 Å². The van der Waals surface area contributed by atoms with E-state index < -0.39 is 11.4 Å². The summed E-state index contributed by atoms with van der Waals surface area (Å²) in [5.74, 6) is -0.0903. The molecule has 94 valence electrons. The molecule has 4 heteroatoms. The molecule has 3 nitrogen and oxygen atoms in total. The van der Waals surface area contributed by atoms with E-state index in [1.807, 2.05) is 26.0 Å². The first kappa shape index (κ1) is 14.0. The van der Waals surface area contributed by atoms with Gasteiger partial charge >= 0.3 is 5.97 Å². The van der Waals surface area contributed by atoms with Crippen molar-refractivity contribution in [3.63, 3.8) is 0 Å². The predicted octanol–water partition coefficient (Wildman–Crippen LogP) is 3.56. The SMILES string of the molecule is Cc1cc(Br)cc(C)c1OCC(C)(C)C(=O)O. The van der Waals surface area contributed by atoms with Crippen molar-refractivity contribution in [2.45, 2.75) is 27.7 Å². The van der Waals surface area contributed by atoms with Gasteiger partial charge < -0.3 is 9.84 Å². The van der Waals surface area contributed by atoms with Gasteiger partial charge in [0, 0.05) is 4.47 Å². The van der Waals surface area contributed by atoms with Crippen LogP contribution in [0.2, 0.25) is 0 Å². The smallest absolute Gasteiger partial charge is 0.312 e. The van der Waals surface area contributed by atoms with Crippen LogP contribution in [-0.2, 0) is 4.79 Å². The molecule has 1 aromatic rings. The van der Waals surface area contributed by atoms with Crippen LogP contribution in [0.1, 0.15) is 25.0 Å². The third-order valence-electron chi connectivity index (χ3n) is 2.58. The molecular formula is C13H17BrO3. The van der Waals surface area contributed by atoms with Crippen molar-refractivity contribution in [2.24, 2.45) is 5.41 Å². The lowest BCUT2D eigenvalue weighted by atomic mass is 9.95. The predicted molar refractivity (Wildman–Crippen MR) is 70.5 cm³/mol. The molecule has 0 aliphatic rings. The number of hydrogen-bond donors (Lipinski definition) is 1. The molecule has 0 atom stereocenters. The zero-order valence-electron chi connectivity index (χ0n) is 10.5. The normalized spacial score (nSPS) is 11.4. The standard InChI is InChI=1S/C13H17BrO3/c1-8-5-10(14)6-9(2)11(8)17-7-13(3,4)12(15)16/h5-6H,7H2,1-4H3,(H,15,16). The molecule has 0 saturated heterocycles. The molecule has 0 bridgehead atoms. The number of halogens is 1. The van der Waals surface area contributed by atoms with Gasteiger partial charge in [-0.05, 0) is 51.0 Å². The van der Waals surface area contributed by atoms with Crippen molar-refractivity contribution in [3.05, 3.63) is 27.7 Å². The van der Waals surface area contributed by atoms with Gasteiger partial charge in [0.1, 0.15) is 12.4 Å². The van der Waals surface area contributed by atoms with E-state index in [4.69, 9.17) is 9.84 Å². The summed E-state index contributed by atoms with van der Waals surface area (Å²) in [6, 6.07) is 3.91. The Balaban J connectivity index is 2.87. The van der Waals surface area contributed by atoms with E-state index in [2.05, 4.69) is 15.9 Å². The van der Waals surface area contributed by atoms with Crippen molar-refractivity contribution in [1.29, 1.82) is 0 Å². The Labute approximate surface area is 110 Å². The first-order valence-electron chi connectivity index (χ1n) is 5.37. The van der Waals surface area contributed by atoms with Crippen LogP contribution >= 0.6 is 15.9 Å². The molecule has 0 unspecified atom stereocenters. The Morgan fingerprint density at radius 2 is 1.82 bits per heavy atom. The number of benzene rings is 1. The molecule has 1 N–H and O–H groups in total. The first-order chi connectivity index (χ1) is 7.74. The summed E-state index contributed by atoms with van der Waals surface area (Å²) in [5.41, 5.74) is 1.11. The highest BCUT2D eigenvalue weighted by Gasteiger charge is 2.28. The lowest BCUT2D eigenvalue weighted by Crippen LogP contribution is -2.30. The summed E-state index contributed by atoms with van der Waals surface area (Å²) >= 11 is 3.41. The lowest BCUT2D eigenvalue weighted by molar-refractivity contribution is -0.148. The Kier molecular flexibility index (Phi) is 4.20. The first-order valence-corrected chi connectivity index (χ1v) is 6.16. The highest BCUT2D eigenvalue weighted by atomic mass is 79.9. The molecule has 0 aliphatic heterocycles. The fourth-order valence-corrected chi connectivity index (χ4v) is 2.13. The maximum absolute atomic E-state index is 11.0. The van der Waals surface area contributed by atoms with Crippen molar-refractivity contribution in [1.82, 2.24) is 0 Å². The monoisotopic (exact) mass is 300 g/mol. The maximum Gasteiger partial charge on any atom is 0.312 e. The molecule has 0 amide bonds. The zero-order chi connectivity index (χ0) is 13.2. The third-order valence-corrected chi connectivity index (χ3v) is 3.04. The summed E-state index contributed by atoms with van der Waals surface area (Å²) in [6.07, 6.45) is 0. The molecule has 1 rings (SSSR count). The van der Waals surface area contributed by atoms with E-state index in [1.165, 1.54) is 0 Å². The number of carbonyl (C=O) groups is 1. The lowest BCUT2D eigenvalue weighted by Gasteiger charge is -2.21. The van der Waals surface area contributed by atoms with Crippen LogP contribution in [0.3, 0.4) is 0 Å². The van der Waals surface area contributed by atoms with Gasteiger partial charge in [-0.25, -0.2) is 0 Å². The summed E-state index contributed by atoms with van der Waals surface area (Å²) in [4.78, 5) is 11.0. The number of rotatable bonds is 4. The summed E-state index contributed by atoms with van der Waals surface area (Å²) in [5, 5.41) is 9.01. The molecule has 0 radical (unpaired) electrons. The number of ether oxygens (including phenoxy) is 1. The highest BCUT2D eigenvalue weighted by molar-refractivity contribution is 9.10. The molecule has 17 heavy (non-hydrogen) atoms. The number of carboxylic acids is 1. The second-order valence-electron chi connectivity index (χ2n) is 4.85. The summed E-state index contributed by atoms with van der Waals surface area (Å²) in [7, 11) is 0. The average Bonchev–Trinajstić information content (AvgIpc) is 2.15. The van der Waals surface area contributed by atoms with E-state index in [0.717, 1.165) is 21.3 Å². The third kappa shape index (κ3) is 3.46. The van der Waals surface area contributed by atoms with Crippen LogP contribution in [0.4, 0.5) is 0 Å². The largest absolute Gasteiger partial charge is 0.492 e. The number of hydrogen-bond acceptors (Lipinski definition) is 2. The van der Waals surface area contributed by atoms with Crippen LogP contribution in [0.15, 0.2) is 16.6 Å². The number of carboxylic acid groups (broad SMARTS) is 1. The molecule has 1 aromatic carbocycles. The van der Waals surface area contributed by atoms with Gasteiger partial charge in [0.05, 0.1) is 5.41 Å². The Hall–Kier alpha value is -1.03. The fraction of sp³-hybridized carbons (Fsp3) is 0.462. The van der Waals surface area contributed by atoms with Gasteiger partial charge in [-0.2, -0.15) is 0 Å². The van der Waals surface area contributed by atoms with Crippen LogP contribution in [0.25, 0.3) is 0 Å². The quantitative estimate of drug-likeness (QED) is 0.925. The Bertz CT molecular complexity index is 415. The minimum Gasteiger partial charge on any atom is -0.492 e. The zero-order valence-corrected chi connectivity index (χ0v) is 12.1. The van der Waals surface area contributed by atoms with Crippen molar-refractivity contribution < 1.29 is 14.6 Å². The van der Waals surface area contributed by atoms with Crippen LogP contribution in [0, 0.1) is 19.3 Å². The van der Waals surface area contributed by atoms with E-state index in [1.54, 1.807) is 13.8 Å². The second kappa shape index (κ2) is 5.08. The Morgan fingerprint density at radius 3 is 2.24 bits per heavy atom. The molecule has 0 saturated carbocycles. The van der Waals surface area contributed by atoms with Gasteiger partial charge in [0.25, 0.3) is 0 Å². The van der Waals surface area contributed by atoms with E-state index >= 15 is 0 Å². The van der Waals surface area contributed by atoms with E-state index in [-0.39, 0.29) is 6.61 Å². The minimum atomic E-state index is -0.883. The van der Waals surface area contributed by atoms with Crippen LogP contribution < -0.4 is 4.74 Å². The van der Waals surface area contributed by atoms with Crippen LogP contribution in [-0.4, -0.2) is 17.7 Å². The van der Waals surface area contributed by atoms with Gasteiger partial charge in [0.15, 0.2) is 0 Å².